The van der Waals surface area contributed by atoms with E-state index in [0.29, 0.717) is 24.1 Å². The van der Waals surface area contributed by atoms with Gasteiger partial charge in [0.2, 0.25) is 5.91 Å². The summed E-state index contributed by atoms with van der Waals surface area (Å²) >= 11 is 0. The minimum Gasteiger partial charge on any atom is -0.467 e. The van der Waals surface area contributed by atoms with Crippen LogP contribution < -0.4 is 5.73 Å². The van der Waals surface area contributed by atoms with E-state index in [-0.39, 0.29) is 5.91 Å². The fourth-order valence-electron chi connectivity index (χ4n) is 2.50. The fraction of sp³-hybridized carbons (Fsp3) is 0.400. The molecule has 1 saturated heterocycles. The van der Waals surface area contributed by atoms with Crippen LogP contribution in [0, 0.1) is 0 Å². The Hall–Kier alpha value is -2.37. The van der Waals surface area contributed by atoms with Gasteiger partial charge in [0.1, 0.15) is 6.04 Å². The van der Waals surface area contributed by atoms with E-state index in [2.05, 4.69) is 0 Å². The second-order valence-electron chi connectivity index (χ2n) is 4.97. The molecule has 1 fully saturated rings. The summed E-state index contributed by atoms with van der Waals surface area (Å²) in [6, 6.07) is 5.57. The quantitative estimate of drug-likeness (QED) is 0.839. The molecule has 0 aromatic heterocycles. The molecular weight excluding hydrogens is 272 g/mol. The number of carbonyl (C=O) groups excluding carboxylic acids is 3. The first kappa shape index (κ1) is 15.0. The van der Waals surface area contributed by atoms with Crippen molar-refractivity contribution in [3.05, 3.63) is 35.4 Å². The SMILES string of the molecule is COC(=O)[C@H]1CCCCN1C(=O)c1ccc(C(N)=O)cc1. The summed E-state index contributed by atoms with van der Waals surface area (Å²) in [5.74, 6) is -1.17. The molecule has 2 amide bonds. The van der Waals surface area contributed by atoms with E-state index in [0.717, 1.165) is 12.8 Å². The highest BCUT2D eigenvalue weighted by Crippen LogP contribution is 2.21. The molecule has 1 aliphatic heterocycles. The van der Waals surface area contributed by atoms with Gasteiger partial charge in [0.15, 0.2) is 0 Å². The lowest BCUT2D eigenvalue weighted by Crippen LogP contribution is -2.48. The summed E-state index contributed by atoms with van der Waals surface area (Å²) in [6.45, 7) is 0.524. The lowest BCUT2D eigenvalue weighted by Gasteiger charge is -2.33. The second-order valence-corrected chi connectivity index (χ2v) is 4.97. The van der Waals surface area contributed by atoms with Crippen LogP contribution in [0.2, 0.25) is 0 Å². The minimum atomic E-state index is -0.542. The number of ether oxygens (including phenoxy) is 1. The van der Waals surface area contributed by atoms with E-state index in [1.807, 2.05) is 0 Å². The van der Waals surface area contributed by atoms with Crippen molar-refractivity contribution < 1.29 is 19.1 Å². The van der Waals surface area contributed by atoms with Crippen LogP contribution in [0.25, 0.3) is 0 Å². The van der Waals surface area contributed by atoms with Gasteiger partial charge in [-0.25, -0.2) is 4.79 Å². The molecule has 2 N–H and O–H groups in total. The highest BCUT2D eigenvalue weighted by molar-refractivity contribution is 5.98. The molecule has 0 radical (unpaired) electrons. The molecule has 0 unspecified atom stereocenters. The van der Waals surface area contributed by atoms with Gasteiger partial charge in [-0.3, -0.25) is 9.59 Å². The predicted molar refractivity (Wildman–Crippen MR) is 75.7 cm³/mol. The Labute approximate surface area is 122 Å². The van der Waals surface area contributed by atoms with Crippen LogP contribution >= 0.6 is 0 Å². The molecule has 0 aliphatic carbocycles. The molecule has 1 aromatic carbocycles. The third-order valence-corrected chi connectivity index (χ3v) is 3.65. The van der Waals surface area contributed by atoms with Crippen molar-refractivity contribution >= 4 is 17.8 Å². The van der Waals surface area contributed by atoms with Crippen molar-refractivity contribution in [1.29, 1.82) is 0 Å². The molecule has 6 nitrogen and oxygen atoms in total. The number of esters is 1. The number of hydrogen-bond acceptors (Lipinski definition) is 4. The van der Waals surface area contributed by atoms with Gasteiger partial charge in [-0.2, -0.15) is 0 Å². The zero-order valence-corrected chi connectivity index (χ0v) is 11.9. The molecule has 2 rings (SSSR count). The number of rotatable bonds is 3. The van der Waals surface area contributed by atoms with Gasteiger partial charge >= 0.3 is 5.97 Å². The number of methoxy groups -OCH3 is 1. The van der Waals surface area contributed by atoms with Crippen molar-refractivity contribution in [2.75, 3.05) is 13.7 Å². The Balaban J connectivity index is 2.20. The van der Waals surface area contributed by atoms with Crippen molar-refractivity contribution in [3.63, 3.8) is 0 Å². The third-order valence-electron chi connectivity index (χ3n) is 3.65. The normalized spacial score (nSPS) is 18.1. The molecule has 1 aromatic rings. The largest absolute Gasteiger partial charge is 0.467 e. The molecule has 1 heterocycles. The summed E-state index contributed by atoms with van der Waals surface area (Å²) in [7, 11) is 1.32. The van der Waals surface area contributed by atoms with Gasteiger partial charge < -0.3 is 15.4 Å². The van der Waals surface area contributed by atoms with Gasteiger partial charge in [0, 0.05) is 17.7 Å². The Kier molecular flexibility index (Phi) is 4.57. The number of piperidine rings is 1. The zero-order chi connectivity index (χ0) is 15.4. The van der Waals surface area contributed by atoms with E-state index in [1.54, 1.807) is 12.1 Å². The Morgan fingerprint density at radius 1 is 1.14 bits per heavy atom. The molecule has 6 heteroatoms. The Morgan fingerprint density at radius 3 is 2.33 bits per heavy atom. The first-order valence-corrected chi connectivity index (χ1v) is 6.83. The number of hydrogen-bond donors (Lipinski definition) is 1. The number of benzene rings is 1. The van der Waals surface area contributed by atoms with Crippen molar-refractivity contribution in [2.24, 2.45) is 5.73 Å². The van der Waals surface area contributed by atoms with Crippen LogP contribution in [0.5, 0.6) is 0 Å². The van der Waals surface area contributed by atoms with E-state index in [4.69, 9.17) is 10.5 Å². The van der Waals surface area contributed by atoms with E-state index in [1.165, 1.54) is 24.1 Å². The van der Waals surface area contributed by atoms with Crippen molar-refractivity contribution in [1.82, 2.24) is 4.90 Å². The molecule has 21 heavy (non-hydrogen) atoms. The maximum absolute atomic E-state index is 12.5. The van der Waals surface area contributed by atoms with E-state index >= 15 is 0 Å². The summed E-state index contributed by atoms with van der Waals surface area (Å²) < 4.78 is 4.76. The summed E-state index contributed by atoms with van der Waals surface area (Å²) in [5, 5.41) is 0. The average molecular weight is 290 g/mol. The Morgan fingerprint density at radius 2 is 1.76 bits per heavy atom. The Bertz CT molecular complexity index is 553. The number of nitrogens with two attached hydrogens (primary N) is 1. The number of nitrogens with zero attached hydrogens (tertiary/aromatic N) is 1. The lowest BCUT2D eigenvalue weighted by atomic mass is 10.0. The molecule has 0 bridgehead atoms. The number of carbonyl (C=O) groups is 3. The summed E-state index contributed by atoms with van der Waals surface area (Å²) in [4.78, 5) is 36.9. The zero-order valence-electron chi connectivity index (χ0n) is 11.9. The summed E-state index contributed by atoms with van der Waals surface area (Å²) in [6.07, 6.45) is 2.36. The van der Waals surface area contributed by atoms with Crippen LogP contribution in [0.15, 0.2) is 24.3 Å². The molecule has 0 spiro atoms. The highest BCUT2D eigenvalue weighted by atomic mass is 16.5. The van der Waals surface area contributed by atoms with Crippen LogP contribution in [0.3, 0.4) is 0 Å². The van der Waals surface area contributed by atoms with E-state index < -0.39 is 17.9 Å². The second kappa shape index (κ2) is 6.39. The first-order valence-electron chi connectivity index (χ1n) is 6.83. The number of amides is 2. The van der Waals surface area contributed by atoms with Gasteiger partial charge in [0.25, 0.3) is 5.91 Å². The smallest absolute Gasteiger partial charge is 0.328 e. The maximum atomic E-state index is 12.5. The molecule has 1 atom stereocenters. The van der Waals surface area contributed by atoms with Crippen LogP contribution in [0.4, 0.5) is 0 Å². The topological polar surface area (TPSA) is 89.7 Å². The number of likely N-dealkylation sites (tertiary alicyclic amines) is 1. The maximum Gasteiger partial charge on any atom is 0.328 e. The standard InChI is InChI=1S/C15H18N2O4/c1-21-15(20)12-4-2-3-9-17(12)14(19)11-7-5-10(6-8-11)13(16)18/h5-8,12H,2-4,9H2,1H3,(H2,16,18)/t12-/m1/s1. The monoisotopic (exact) mass is 290 g/mol. The molecular formula is C15H18N2O4. The number of primary amides is 1. The van der Waals surface area contributed by atoms with Crippen molar-refractivity contribution in [3.8, 4) is 0 Å². The van der Waals surface area contributed by atoms with E-state index in [9.17, 15) is 14.4 Å². The fourth-order valence-corrected chi connectivity index (χ4v) is 2.50. The molecule has 112 valence electrons. The van der Waals surface area contributed by atoms with Gasteiger partial charge in [-0.1, -0.05) is 0 Å². The predicted octanol–water partition coefficient (Wildman–Crippen LogP) is 0.953. The van der Waals surface area contributed by atoms with Crippen LogP contribution in [0.1, 0.15) is 40.0 Å². The first-order chi connectivity index (χ1) is 10.0. The average Bonchev–Trinajstić information content (AvgIpc) is 2.53. The summed E-state index contributed by atoms with van der Waals surface area (Å²) in [5.41, 5.74) is 5.94. The third kappa shape index (κ3) is 3.21. The molecule has 1 aliphatic rings. The van der Waals surface area contributed by atoms with Crippen LogP contribution in [-0.4, -0.2) is 42.4 Å². The van der Waals surface area contributed by atoms with Gasteiger partial charge in [0.05, 0.1) is 7.11 Å². The van der Waals surface area contributed by atoms with Crippen LogP contribution in [-0.2, 0) is 9.53 Å². The highest BCUT2D eigenvalue weighted by Gasteiger charge is 2.33. The van der Waals surface area contributed by atoms with Crippen molar-refractivity contribution in [2.45, 2.75) is 25.3 Å². The molecule has 0 saturated carbocycles. The lowest BCUT2D eigenvalue weighted by molar-refractivity contribution is -0.147. The van der Waals surface area contributed by atoms with Gasteiger partial charge in [-0.15, -0.1) is 0 Å². The minimum absolute atomic E-state index is 0.235. The van der Waals surface area contributed by atoms with Gasteiger partial charge in [-0.05, 0) is 43.5 Å².